The first kappa shape index (κ1) is 17.1. The van der Waals surface area contributed by atoms with Crippen LogP contribution in [0.15, 0.2) is 42.6 Å². The number of urea groups is 1. The zero-order valence-electron chi connectivity index (χ0n) is 13.5. The number of hydrogen-bond donors (Lipinski definition) is 3. The molecule has 25 heavy (non-hydrogen) atoms. The van der Waals surface area contributed by atoms with Gasteiger partial charge in [0.1, 0.15) is 11.6 Å². The number of hydrogen-bond acceptors (Lipinski definition) is 2. The van der Waals surface area contributed by atoms with Gasteiger partial charge in [-0.1, -0.05) is 11.6 Å². The van der Waals surface area contributed by atoms with Crippen molar-refractivity contribution < 1.29 is 13.9 Å². The van der Waals surface area contributed by atoms with Crippen molar-refractivity contribution in [2.24, 2.45) is 0 Å². The molecule has 0 spiro atoms. The van der Waals surface area contributed by atoms with Crippen molar-refractivity contribution in [2.75, 3.05) is 19.0 Å². The van der Waals surface area contributed by atoms with Gasteiger partial charge in [-0.15, -0.1) is 0 Å². The molecule has 0 bridgehead atoms. The number of carbonyl (C=O) groups is 1. The lowest BCUT2D eigenvalue weighted by Crippen LogP contribution is -2.30. The van der Waals surface area contributed by atoms with E-state index in [2.05, 4.69) is 15.6 Å². The smallest absolute Gasteiger partial charge is 0.319 e. The Bertz CT molecular complexity index is 910. The van der Waals surface area contributed by atoms with Crippen LogP contribution in [0.25, 0.3) is 10.9 Å². The molecule has 0 aliphatic heterocycles. The largest absolute Gasteiger partial charge is 0.495 e. The van der Waals surface area contributed by atoms with Gasteiger partial charge in [0.15, 0.2) is 0 Å². The number of anilines is 1. The summed E-state index contributed by atoms with van der Waals surface area (Å²) in [6.07, 6.45) is 2.40. The highest BCUT2D eigenvalue weighted by atomic mass is 35.5. The van der Waals surface area contributed by atoms with E-state index in [9.17, 15) is 9.18 Å². The van der Waals surface area contributed by atoms with Crippen molar-refractivity contribution in [3.8, 4) is 5.75 Å². The Morgan fingerprint density at radius 2 is 2.12 bits per heavy atom. The van der Waals surface area contributed by atoms with Crippen LogP contribution in [0.1, 0.15) is 5.56 Å². The summed E-state index contributed by atoms with van der Waals surface area (Å²) in [5.74, 6) is 0.235. The van der Waals surface area contributed by atoms with Gasteiger partial charge >= 0.3 is 6.03 Å². The van der Waals surface area contributed by atoms with E-state index in [-0.39, 0.29) is 11.8 Å². The van der Waals surface area contributed by atoms with Crippen LogP contribution in [-0.2, 0) is 6.42 Å². The van der Waals surface area contributed by atoms with E-state index in [0.29, 0.717) is 29.4 Å². The van der Waals surface area contributed by atoms with Gasteiger partial charge in [-0.3, -0.25) is 0 Å². The predicted molar refractivity (Wildman–Crippen MR) is 97.0 cm³/mol. The topological polar surface area (TPSA) is 66.2 Å². The number of ether oxygens (including phenoxy) is 1. The van der Waals surface area contributed by atoms with E-state index in [4.69, 9.17) is 16.3 Å². The predicted octanol–water partition coefficient (Wildman–Crippen LogP) is 4.33. The molecule has 2 amide bonds. The van der Waals surface area contributed by atoms with Gasteiger partial charge < -0.3 is 20.4 Å². The highest BCUT2D eigenvalue weighted by Crippen LogP contribution is 2.27. The Morgan fingerprint density at radius 3 is 2.92 bits per heavy atom. The second-order valence-electron chi connectivity index (χ2n) is 5.48. The van der Waals surface area contributed by atoms with Crippen molar-refractivity contribution >= 4 is 34.2 Å². The van der Waals surface area contributed by atoms with Crippen LogP contribution in [0.4, 0.5) is 14.9 Å². The fourth-order valence-electron chi connectivity index (χ4n) is 2.61. The second kappa shape index (κ2) is 7.44. The van der Waals surface area contributed by atoms with Crippen LogP contribution < -0.4 is 15.4 Å². The van der Waals surface area contributed by atoms with E-state index >= 15 is 0 Å². The lowest BCUT2D eigenvalue weighted by Gasteiger charge is -2.11. The van der Waals surface area contributed by atoms with E-state index in [0.717, 1.165) is 16.5 Å². The number of carbonyl (C=O) groups excluding carboxylic acids is 1. The molecule has 3 aromatic rings. The summed E-state index contributed by atoms with van der Waals surface area (Å²) in [4.78, 5) is 15.1. The van der Waals surface area contributed by atoms with Gasteiger partial charge in [-0.2, -0.15) is 0 Å². The number of fused-ring (bicyclic) bond motifs is 1. The molecule has 3 rings (SSSR count). The number of rotatable bonds is 5. The van der Waals surface area contributed by atoms with Crippen molar-refractivity contribution in [1.29, 1.82) is 0 Å². The van der Waals surface area contributed by atoms with Gasteiger partial charge in [-0.05, 0) is 48.4 Å². The SMILES string of the molecule is COc1ccc(Cl)cc1NC(=O)NCCc1c[nH]c2ccc(F)cc12. The van der Waals surface area contributed by atoms with Gasteiger partial charge in [-0.25, -0.2) is 9.18 Å². The Hall–Kier alpha value is -2.73. The molecule has 7 heteroatoms. The molecule has 0 saturated heterocycles. The number of nitrogens with one attached hydrogen (secondary N) is 3. The van der Waals surface area contributed by atoms with Gasteiger partial charge in [0.2, 0.25) is 0 Å². The van der Waals surface area contributed by atoms with Crippen LogP contribution in [0.5, 0.6) is 5.75 Å². The zero-order chi connectivity index (χ0) is 17.8. The van der Waals surface area contributed by atoms with Crippen molar-refractivity contribution in [1.82, 2.24) is 10.3 Å². The van der Waals surface area contributed by atoms with E-state index < -0.39 is 0 Å². The minimum Gasteiger partial charge on any atom is -0.495 e. The number of halogens is 2. The zero-order valence-corrected chi connectivity index (χ0v) is 14.3. The van der Waals surface area contributed by atoms with E-state index in [1.165, 1.54) is 19.2 Å². The fourth-order valence-corrected chi connectivity index (χ4v) is 2.78. The molecule has 1 aromatic heterocycles. The Labute approximate surface area is 149 Å². The summed E-state index contributed by atoms with van der Waals surface area (Å²) in [6, 6.07) is 9.19. The molecule has 0 radical (unpaired) electrons. The molecule has 3 N–H and O–H groups in total. The highest BCUT2D eigenvalue weighted by Gasteiger charge is 2.09. The molecule has 0 fully saturated rings. The van der Waals surface area contributed by atoms with Crippen LogP contribution in [0.2, 0.25) is 5.02 Å². The lowest BCUT2D eigenvalue weighted by molar-refractivity contribution is 0.252. The van der Waals surface area contributed by atoms with Crippen LogP contribution in [-0.4, -0.2) is 24.7 Å². The summed E-state index contributed by atoms with van der Waals surface area (Å²) in [6.45, 7) is 0.401. The normalized spacial score (nSPS) is 10.7. The summed E-state index contributed by atoms with van der Waals surface area (Å²) in [7, 11) is 1.52. The monoisotopic (exact) mass is 361 g/mol. The van der Waals surface area contributed by atoms with Crippen molar-refractivity contribution in [2.45, 2.75) is 6.42 Å². The molecule has 5 nitrogen and oxygen atoms in total. The van der Waals surface area contributed by atoms with Gasteiger partial charge in [0, 0.05) is 28.7 Å². The maximum Gasteiger partial charge on any atom is 0.319 e. The quantitative estimate of drug-likeness (QED) is 0.633. The maximum atomic E-state index is 13.4. The number of aromatic amines is 1. The van der Waals surface area contributed by atoms with Crippen molar-refractivity contribution in [3.63, 3.8) is 0 Å². The first-order chi connectivity index (χ1) is 12.1. The molecule has 0 aliphatic rings. The Kier molecular flexibility index (Phi) is 5.09. The minimum atomic E-state index is -0.369. The molecular formula is C18H17ClFN3O2. The number of methoxy groups -OCH3 is 1. The first-order valence-electron chi connectivity index (χ1n) is 7.70. The summed E-state index contributed by atoms with van der Waals surface area (Å²) < 4.78 is 18.6. The number of H-pyrrole nitrogens is 1. The second-order valence-corrected chi connectivity index (χ2v) is 5.92. The number of amides is 2. The average molecular weight is 362 g/mol. The number of aromatic nitrogens is 1. The third kappa shape index (κ3) is 4.03. The molecular weight excluding hydrogens is 345 g/mol. The number of benzene rings is 2. The fraction of sp³-hybridized carbons (Fsp3) is 0.167. The molecule has 0 saturated carbocycles. The summed E-state index contributed by atoms with van der Waals surface area (Å²) in [5, 5.41) is 6.78. The van der Waals surface area contributed by atoms with Crippen molar-refractivity contribution in [3.05, 3.63) is 59.0 Å². The minimum absolute atomic E-state index is 0.285. The summed E-state index contributed by atoms with van der Waals surface area (Å²) >= 11 is 5.94. The van der Waals surface area contributed by atoms with Gasteiger partial charge in [0.25, 0.3) is 0 Å². The molecule has 130 valence electrons. The van der Waals surface area contributed by atoms with Crippen LogP contribution in [0, 0.1) is 5.82 Å². The molecule has 0 unspecified atom stereocenters. The van der Waals surface area contributed by atoms with Crippen LogP contribution in [0.3, 0.4) is 0 Å². The summed E-state index contributed by atoms with van der Waals surface area (Å²) in [5.41, 5.74) is 2.29. The third-order valence-electron chi connectivity index (χ3n) is 3.82. The first-order valence-corrected chi connectivity index (χ1v) is 8.08. The third-order valence-corrected chi connectivity index (χ3v) is 4.05. The Balaban J connectivity index is 1.59. The van der Waals surface area contributed by atoms with Gasteiger partial charge in [0.05, 0.1) is 12.8 Å². The molecule has 1 heterocycles. The standard InChI is InChI=1S/C18H17ClFN3O2/c1-25-17-5-2-12(19)8-16(17)23-18(24)21-7-6-11-10-22-15-4-3-13(20)9-14(11)15/h2-5,8-10,22H,6-7H2,1H3,(H2,21,23,24). The lowest BCUT2D eigenvalue weighted by atomic mass is 10.1. The Morgan fingerprint density at radius 1 is 1.28 bits per heavy atom. The average Bonchev–Trinajstić information content (AvgIpc) is 2.97. The van der Waals surface area contributed by atoms with E-state index in [1.54, 1.807) is 24.3 Å². The molecule has 2 aromatic carbocycles. The maximum absolute atomic E-state index is 13.4. The molecule has 0 aliphatic carbocycles. The van der Waals surface area contributed by atoms with Crippen LogP contribution >= 0.6 is 11.6 Å². The highest BCUT2D eigenvalue weighted by molar-refractivity contribution is 6.31. The molecule has 0 atom stereocenters. The van der Waals surface area contributed by atoms with E-state index in [1.807, 2.05) is 6.20 Å².